The molecule has 8 aromatic rings. The molecule has 0 radical (unpaired) electrons. The lowest BCUT2D eigenvalue weighted by Gasteiger charge is -2.27. The first-order valence-corrected chi connectivity index (χ1v) is 22.4. The van der Waals surface area contributed by atoms with E-state index in [9.17, 15) is 0 Å². The maximum Gasteiger partial charge on any atom is 0.0540 e. The van der Waals surface area contributed by atoms with Crippen LogP contribution in [-0.2, 0) is 12.8 Å². The van der Waals surface area contributed by atoms with Crippen molar-refractivity contribution in [3.63, 3.8) is 0 Å². The van der Waals surface area contributed by atoms with Gasteiger partial charge in [0, 0.05) is 40.6 Å². The lowest BCUT2D eigenvalue weighted by molar-refractivity contribution is 0.648. The van der Waals surface area contributed by atoms with Crippen LogP contribution in [0.5, 0.6) is 0 Å². The minimum absolute atomic E-state index is 0.780. The van der Waals surface area contributed by atoms with E-state index >= 15 is 0 Å². The molecule has 0 aromatic heterocycles. The van der Waals surface area contributed by atoms with Crippen LogP contribution in [0.2, 0.25) is 0 Å². The molecule has 0 spiro atoms. The highest BCUT2D eigenvalue weighted by Crippen LogP contribution is 2.41. The average molecular weight is 803 g/mol. The third-order valence-electron chi connectivity index (χ3n) is 11.8. The number of aryl methyl sites for hydroxylation is 2. The highest BCUT2D eigenvalue weighted by atomic mass is 15.1. The predicted molar refractivity (Wildman–Crippen MR) is 265 cm³/mol. The standard InChI is InChI=1S/C51H56N4.C6H6/c1-54(50-35-29-41(17-7-2-4-15-37-52)46-21-11-13-23-48(46)50)43-31-25-39(26-32-43)40-27-33-45(34-28-40)55(44-19-9-6-10-20-44)51-36-30-42(18-8-3-5-16-38-53)47-22-12-14-24-49(47)51;1-2-4-6-5-3-1/h6,9-14,19-36H,2-5,7-8,15-18,37-38,52-53H2,1H3;1-6H. The highest BCUT2D eigenvalue weighted by Gasteiger charge is 2.17. The molecule has 0 amide bonds. The molecule has 310 valence electrons. The molecular weight excluding hydrogens is 741 g/mol. The highest BCUT2D eigenvalue weighted by molar-refractivity contribution is 6.01. The maximum atomic E-state index is 5.74. The minimum atomic E-state index is 0.780. The normalized spacial score (nSPS) is 11.0. The Kier molecular flexibility index (Phi) is 15.8. The zero-order valence-corrected chi connectivity index (χ0v) is 35.9. The summed E-state index contributed by atoms with van der Waals surface area (Å²) in [5, 5.41) is 5.26. The third kappa shape index (κ3) is 11.1. The van der Waals surface area contributed by atoms with Gasteiger partial charge in [-0.1, -0.05) is 165 Å². The zero-order chi connectivity index (χ0) is 42.1. The van der Waals surface area contributed by atoms with Crippen molar-refractivity contribution in [2.45, 2.75) is 64.2 Å². The fraction of sp³-hybridized carbons (Fsp3) is 0.228. The van der Waals surface area contributed by atoms with Crippen LogP contribution in [0.1, 0.15) is 62.5 Å². The van der Waals surface area contributed by atoms with E-state index in [4.69, 9.17) is 11.5 Å². The number of benzene rings is 8. The largest absolute Gasteiger partial charge is 0.344 e. The molecule has 0 saturated carbocycles. The number of hydrogen-bond donors (Lipinski definition) is 2. The molecule has 4 heteroatoms. The predicted octanol–water partition coefficient (Wildman–Crippen LogP) is 14.7. The smallest absolute Gasteiger partial charge is 0.0540 e. The summed E-state index contributed by atoms with van der Waals surface area (Å²) in [7, 11) is 2.18. The van der Waals surface area contributed by atoms with Crippen molar-refractivity contribution in [3.05, 3.63) is 199 Å². The first-order valence-electron chi connectivity index (χ1n) is 22.4. The second-order valence-corrected chi connectivity index (χ2v) is 16.0. The summed E-state index contributed by atoms with van der Waals surface area (Å²) in [4.78, 5) is 4.71. The van der Waals surface area contributed by atoms with Crippen LogP contribution < -0.4 is 21.3 Å². The maximum absolute atomic E-state index is 5.74. The van der Waals surface area contributed by atoms with Gasteiger partial charge in [0.05, 0.1) is 5.69 Å². The molecule has 61 heavy (non-hydrogen) atoms. The van der Waals surface area contributed by atoms with Crippen LogP contribution in [-0.4, -0.2) is 20.1 Å². The van der Waals surface area contributed by atoms with Crippen LogP contribution in [0.3, 0.4) is 0 Å². The summed E-state index contributed by atoms with van der Waals surface area (Å²) in [6, 6.07) is 67.7. The number of nitrogens with zero attached hydrogens (tertiary/aromatic N) is 2. The van der Waals surface area contributed by atoms with Crippen LogP contribution in [0.15, 0.2) is 188 Å². The quantitative estimate of drug-likeness (QED) is 0.0849. The van der Waals surface area contributed by atoms with Gasteiger partial charge < -0.3 is 21.3 Å². The minimum Gasteiger partial charge on any atom is -0.344 e. The van der Waals surface area contributed by atoms with Crippen molar-refractivity contribution in [3.8, 4) is 11.1 Å². The number of fused-ring (bicyclic) bond motifs is 2. The van der Waals surface area contributed by atoms with Gasteiger partial charge in [0.15, 0.2) is 0 Å². The molecular formula is C57H62N4. The van der Waals surface area contributed by atoms with Crippen molar-refractivity contribution in [1.29, 1.82) is 0 Å². The molecule has 0 heterocycles. The van der Waals surface area contributed by atoms with E-state index in [-0.39, 0.29) is 0 Å². The van der Waals surface area contributed by atoms with Gasteiger partial charge in [-0.3, -0.25) is 0 Å². The molecule has 0 unspecified atom stereocenters. The Morgan fingerprint density at radius 1 is 0.328 bits per heavy atom. The number of para-hydroxylation sites is 1. The van der Waals surface area contributed by atoms with Gasteiger partial charge in [-0.25, -0.2) is 0 Å². The summed E-state index contributed by atoms with van der Waals surface area (Å²) in [6.07, 6.45) is 11.7. The first-order chi connectivity index (χ1) is 30.2. The number of hydrogen-bond acceptors (Lipinski definition) is 4. The first kappa shape index (κ1) is 42.9. The van der Waals surface area contributed by atoms with E-state index in [0.717, 1.165) is 50.1 Å². The molecule has 0 fully saturated rings. The van der Waals surface area contributed by atoms with Crippen molar-refractivity contribution in [2.75, 3.05) is 29.9 Å². The number of nitrogens with two attached hydrogens (primary N) is 2. The lowest BCUT2D eigenvalue weighted by Crippen LogP contribution is -2.11. The summed E-state index contributed by atoms with van der Waals surface area (Å²) in [5.41, 5.74) is 22.5. The monoisotopic (exact) mass is 802 g/mol. The molecule has 0 bridgehead atoms. The van der Waals surface area contributed by atoms with Crippen LogP contribution in [0.25, 0.3) is 32.7 Å². The molecule has 8 rings (SSSR count). The van der Waals surface area contributed by atoms with E-state index in [1.165, 1.54) is 99.4 Å². The molecule has 0 atom stereocenters. The molecule has 0 saturated heterocycles. The Bertz CT molecular complexity index is 2490. The molecule has 4 N–H and O–H groups in total. The fourth-order valence-corrected chi connectivity index (χ4v) is 8.45. The Morgan fingerprint density at radius 3 is 1.20 bits per heavy atom. The second kappa shape index (κ2) is 22.4. The summed E-state index contributed by atoms with van der Waals surface area (Å²) >= 11 is 0. The summed E-state index contributed by atoms with van der Waals surface area (Å²) in [5.74, 6) is 0. The van der Waals surface area contributed by atoms with Crippen molar-refractivity contribution in [1.82, 2.24) is 0 Å². The van der Waals surface area contributed by atoms with Gasteiger partial charge in [0.25, 0.3) is 0 Å². The number of rotatable bonds is 18. The van der Waals surface area contributed by atoms with E-state index in [1.807, 2.05) is 36.4 Å². The van der Waals surface area contributed by atoms with Gasteiger partial charge in [-0.2, -0.15) is 0 Å². The van der Waals surface area contributed by atoms with Crippen LogP contribution >= 0.6 is 0 Å². The van der Waals surface area contributed by atoms with Gasteiger partial charge in [-0.15, -0.1) is 0 Å². The van der Waals surface area contributed by atoms with Crippen molar-refractivity contribution < 1.29 is 0 Å². The third-order valence-corrected chi connectivity index (χ3v) is 11.8. The van der Waals surface area contributed by atoms with E-state index < -0.39 is 0 Å². The van der Waals surface area contributed by atoms with E-state index in [1.54, 1.807) is 0 Å². The summed E-state index contributed by atoms with van der Waals surface area (Å²) < 4.78 is 0. The van der Waals surface area contributed by atoms with Gasteiger partial charge in [0.2, 0.25) is 0 Å². The number of unbranched alkanes of at least 4 members (excludes halogenated alkanes) is 6. The van der Waals surface area contributed by atoms with Crippen LogP contribution in [0, 0.1) is 0 Å². The fourth-order valence-electron chi connectivity index (χ4n) is 8.45. The van der Waals surface area contributed by atoms with Gasteiger partial charge in [-0.05, 0) is 133 Å². The topological polar surface area (TPSA) is 58.5 Å². The molecule has 0 aliphatic heterocycles. The van der Waals surface area contributed by atoms with Gasteiger partial charge >= 0.3 is 0 Å². The Labute approximate surface area is 364 Å². The Balaban J connectivity index is 0.000000861. The van der Waals surface area contributed by atoms with Gasteiger partial charge in [0.1, 0.15) is 0 Å². The van der Waals surface area contributed by atoms with E-state index in [2.05, 4.69) is 169 Å². The molecule has 0 aliphatic rings. The molecule has 4 nitrogen and oxygen atoms in total. The van der Waals surface area contributed by atoms with Crippen LogP contribution in [0.4, 0.5) is 28.4 Å². The van der Waals surface area contributed by atoms with Crippen molar-refractivity contribution >= 4 is 50.0 Å². The Hall–Kier alpha value is -6.20. The lowest BCUT2D eigenvalue weighted by atomic mass is 9.97. The number of anilines is 5. The average Bonchev–Trinajstić information content (AvgIpc) is 3.33. The zero-order valence-electron chi connectivity index (χ0n) is 35.9. The SMILES string of the molecule is CN(c1ccc(-c2ccc(N(c3ccccc3)c3ccc(CCCCCCN)c4ccccc34)cc2)cc1)c1ccc(CCCCCCN)c2ccccc12.c1ccccc1. The molecule has 8 aromatic carbocycles. The van der Waals surface area contributed by atoms with E-state index in [0.29, 0.717) is 0 Å². The summed E-state index contributed by atoms with van der Waals surface area (Å²) in [6.45, 7) is 1.57. The van der Waals surface area contributed by atoms with Crippen molar-refractivity contribution in [2.24, 2.45) is 11.5 Å². The second-order valence-electron chi connectivity index (χ2n) is 16.0. The molecule has 0 aliphatic carbocycles. The Morgan fingerprint density at radius 2 is 0.705 bits per heavy atom.